The highest BCUT2D eigenvalue weighted by molar-refractivity contribution is 6.35. The van der Waals surface area contributed by atoms with Gasteiger partial charge < -0.3 is 4.74 Å². The number of ether oxygens (including phenoxy) is 1. The Hall–Kier alpha value is -0.920. The summed E-state index contributed by atoms with van der Waals surface area (Å²) < 4.78 is 5.59. The summed E-state index contributed by atoms with van der Waals surface area (Å²) in [7, 11) is 0. The highest BCUT2D eigenvalue weighted by atomic mass is 35.5. The molecule has 3 heteroatoms. The average molecular weight is 257 g/mol. The molecule has 0 atom stereocenters. The summed E-state index contributed by atoms with van der Waals surface area (Å²) in [6.07, 6.45) is 3.66. The van der Waals surface area contributed by atoms with Gasteiger partial charge in [0.25, 0.3) is 0 Å². The van der Waals surface area contributed by atoms with Crippen LogP contribution in [0.4, 0.5) is 0 Å². The van der Waals surface area contributed by atoms with Crippen LogP contribution in [0.2, 0.25) is 10.0 Å². The zero-order valence-corrected chi connectivity index (χ0v) is 10.9. The smallest absolute Gasteiger partial charge is 0.145 e. The predicted octanol–water partition coefficient (Wildman–Crippen LogP) is 4.98. The van der Waals surface area contributed by atoms with Crippen LogP contribution < -0.4 is 4.74 Å². The first-order valence-electron chi connectivity index (χ1n) is 4.92. The molecule has 1 aromatic carbocycles. The van der Waals surface area contributed by atoms with E-state index in [1.807, 2.05) is 19.9 Å². The lowest BCUT2D eigenvalue weighted by Crippen LogP contribution is -1.97. The molecule has 0 saturated heterocycles. The standard InChI is InChI=1S/C13H14Cl2O/c1-4-10-7-11(14)8-12(15)13(10)16-6-5-9(2)3/h4-5,7-8H,1,6H2,2-3H3. The third-order valence-electron chi connectivity index (χ3n) is 1.98. The minimum atomic E-state index is 0.491. The molecule has 1 rings (SSSR count). The molecule has 0 aliphatic rings. The van der Waals surface area contributed by atoms with Gasteiger partial charge in [-0.25, -0.2) is 0 Å². The summed E-state index contributed by atoms with van der Waals surface area (Å²) in [5.74, 6) is 0.624. The Kier molecular flexibility index (Phi) is 4.91. The summed E-state index contributed by atoms with van der Waals surface area (Å²) in [5, 5.41) is 1.08. The largest absolute Gasteiger partial charge is 0.487 e. The van der Waals surface area contributed by atoms with Gasteiger partial charge in [-0.2, -0.15) is 0 Å². The van der Waals surface area contributed by atoms with Crippen LogP contribution in [-0.2, 0) is 0 Å². The van der Waals surface area contributed by atoms with Crippen LogP contribution in [0.3, 0.4) is 0 Å². The molecule has 0 unspecified atom stereocenters. The van der Waals surface area contributed by atoms with Crippen LogP contribution in [0.25, 0.3) is 6.08 Å². The summed E-state index contributed by atoms with van der Waals surface area (Å²) in [5.41, 5.74) is 2.00. The first-order valence-corrected chi connectivity index (χ1v) is 5.68. The van der Waals surface area contributed by atoms with Crippen LogP contribution in [0.5, 0.6) is 5.75 Å². The number of halogens is 2. The maximum Gasteiger partial charge on any atom is 0.145 e. The van der Waals surface area contributed by atoms with Gasteiger partial charge in [0.2, 0.25) is 0 Å². The molecule has 1 aromatic rings. The van der Waals surface area contributed by atoms with Crippen molar-refractivity contribution >= 4 is 29.3 Å². The second kappa shape index (κ2) is 5.97. The second-order valence-corrected chi connectivity index (χ2v) is 4.45. The Morgan fingerprint density at radius 2 is 2.06 bits per heavy atom. The number of allylic oxidation sites excluding steroid dienone is 1. The van der Waals surface area contributed by atoms with Crippen molar-refractivity contribution in [2.45, 2.75) is 13.8 Å². The normalized spacial score (nSPS) is 9.75. The Balaban J connectivity index is 2.94. The fourth-order valence-electron chi connectivity index (χ4n) is 1.18. The van der Waals surface area contributed by atoms with Crippen LogP contribution in [-0.4, -0.2) is 6.61 Å². The molecule has 16 heavy (non-hydrogen) atoms. The van der Waals surface area contributed by atoms with E-state index in [9.17, 15) is 0 Å². The summed E-state index contributed by atoms with van der Waals surface area (Å²) in [4.78, 5) is 0. The minimum absolute atomic E-state index is 0.491. The monoisotopic (exact) mass is 256 g/mol. The number of rotatable bonds is 4. The lowest BCUT2D eigenvalue weighted by atomic mass is 10.2. The van der Waals surface area contributed by atoms with Gasteiger partial charge >= 0.3 is 0 Å². The van der Waals surface area contributed by atoms with E-state index >= 15 is 0 Å². The minimum Gasteiger partial charge on any atom is -0.487 e. The van der Waals surface area contributed by atoms with Crippen LogP contribution in [0.15, 0.2) is 30.4 Å². The highest BCUT2D eigenvalue weighted by Gasteiger charge is 2.07. The average Bonchev–Trinajstić information content (AvgIpc) is 2.20. The van der Waals surface area contributed by atoms with E-state index in [4.69, 9.17) is 27.9 Å². The van der Waals surface area contributed by atoms with E-state index in [2.05, 4.69) is 6.58 Å². The molecule has 0 saturated carbocycles. The predicted molar refractivity (Wildman–Crippen MR) is 71.5 cm³/mol. The zero-order valence-electron chi connectivity index (χ0n) is 9.39. The molecule has 0 bridgehead atoms. The molecule has 0 aromatic heterocycles. The van der Waals surface area contributed by atoms with E-state index in [-0.39, 0.29) is 0 Å². The van der Waals surface area contributed by atoms with Gasteiger partial charge in [-0.1, -0.05) is 41.4 Å². The van der Waals surface area contributed by atoms with Crippen molar-refractivity contribution in [3.8, 4) is 5.75 Å². The molecule has 0 aliphatic carbocycles. The van der Waals surface area contributed by atoms with Gasteiger partial charge in [-0.05, 0) is 32.1 Å². The maximum absolute atomic E-state index is 6.05. The Morgan fingerprint density at radius 3 is 2.62 bits per heavy atom. The van der Waals surface area contributed by atoms with E-state index in [0.717, 1.165) is 5.56 Å². The molecule has 86 valence electrons. The van der Waals surface area contributed by atoms with Crippen LogP contribution in [0.1, 0.15) is 19.4 Å². The fraction of sp³-hybridized carbons (Fsp3) is 0.231. The van der Waals surface area contributed by atoms with Crippen LogP contribution in [0, 0.1) is 0 Å². The van der Waals surface area contributed by atoms with Gasteiger partial charge in [-0.3, -0.25) is 0 Å². The van der Waals surface area contributed by atoms with Crippen molar-refractivity contribution < 1.29 is 4.74 Å². The lowest BCUT2D eigenvalue weighted by molar-refractivity contribution is 0.361. The van der Waals surface area contributed by atoms with Crippen molar-refractivity contribution in [1.29, 1.82) is 0 Å². The molecular formula is C13H14Cl2O. The molecule has 0 N–H and O–H groups in total. The van der Waals surface area contributed by atoms with Crippen molar-refractivity contribution in [2.75, 3.05) is 6.61 Å². The Labute approximate surface area is 106 Å². The SMILES string of the molecule is C=Cc1cc(Cl)cc(Cl)c1OCC=C(C)C. The Bertz CT molecular complexity index is 418. The quantitative estimate of drug-likeness (QED) is 0.691. The molecule has 0 aliphatic heterocycles. The molecular weight excluding hydrogens is 243 g/mol. The molecule has 0 amide bonds. The van der Waals surface area contributed by atoms with Crippen molar-refractivity contribution in [3.63, 3.8) is 0 Å². The van der Waals surface area contributed by atoms with Crippen molar-refractivity contribution in [3.05, 3.63) is 46.0 Å². The van der Waals surface area contributed by atoms with Gasteiger partial charge in [0, 0.05) is 10.6 Å². The summed E-state index contributed by atoms with van der Waals surface area (Å²) >= 11 is 11.9. The van der Waals surface area contributed by atoms with E-state index in [1.165, 1.54) is 5.57 Å². The molecule has 0 heterocycles. The number of hydrogen-bond donors (Lipinski definition) is 0. The maximum atomic E-state index is 6.05. The van der Waals surface area contributed by atoms with Crippen LogP contribution >= 0.6 is 23.2 Å². The topological polar surface area (TPSA) is 9.23 Å². The fourth-order valence-corrected chi connectivity index (χ4v) is 1.74. The zero-order chi connectivity index (χ0) is 12.1. The first-order chi connectivity index (χ1) is 7.54. The second-order valence-electron chi connectivity index (χ2n) is 3.60. The van der Waals surface area contributed by atoms with E-state index in [1.54, 1.807) is 18.2 Å². The lowest BCUT2D eigenvalue weighted by Gasteiger charge is -2.10. The van der Waals surface area contributed by atoms with Crippen molar-refractivity contribution in [1.82, 2.24) is 0 Å². The number of benzene rings is 1. The summed E-state index contributed by atoms with van der Waals surface area (Å²) in [6.45, 7) is 8.23. The highest BCUT2D eigenvalue weighted by Crippen LogP contribution is 2.33. The molecule has 0 spiro atoms. The van der Waals surface area contributed by atoms with E-state index in [0.29, 0.717) is 22.4 Å². The first kappa shape index (κ1) is 13.1. The number of hydrogen-bond acceptors (Lipinski definition) is 1. The van der Waals surface area contributed by atoms with E-state index < -0.39 is 0 Å². The van der Waals surface area contributed by atoms with Gasteiger partial charge in [0.1, 0.15) is 12.4 Å². The van der Waals surface area contributed by atoms with Crippen molar-refractivity contribution in [2.24, 2.45) is 0 Å². The Morgan fingerprint density at radius 1 is 1.38 bits per heavy atom. The third-order valence-corrected chi connectivity index (χ3v) is 2.48. The third kappa shape index (κ3) is 3.58. The van der Waals surface area contributed by atoms with Gasteiger partial charge in [-0.15, -0.1) is 0 Å². The molecule has 0 radical (unpaired) electrons. The molecule has 0 fully saturated rings. The summed E-state index contributed by atoms with van der Waals surface area (Å²) in [6, 6.07) is 3.44. The molecule has 1 nitrogen and oxygen atoms in total. The van der Waals surface area contributed by atoms with Gasteiger partial charge in [0.05, 0.1) is 5.02 Å². The van der Waals surface area contributed by atoms with Gasteiger partial charge in [0.15, 0.2) is 0 Å².